The topological polar surface area (TPSA) is 54.2 Å². The Labute approximate surface area is 104 Å². The lowest BCUT2D eigenvalue weighted by molar-refractivity contribution is 0.446. The number of nitrogens with one attached hydrogen (secondary N) is 1. The minimum atomic E-state index is 0.578. The van der Waals surface area contributed by atoms with Gasteiger partial charge in [-0.25, -0.2) is 0 Å². The molecule has 0 radical (unpaired) electrons. The first-order valence-corrected chi connectivity index (χ1v) is 6.23. The smallest absolute Gasteiger partial charge is 0.317 e. The number of aromatic nitrogens is 2. The fourth-order valence-electron chi connectivity index (χ4n) is 1.56. The normalized spacial score (nSPS) is 11.5. The van der Waals surface area contributed by atoms with Crippen LogP contribution in [0.1, 0.15) is 33.6 Å². The second kappa shape index (κ2) is 6.59. The van der Waals surface area contributed by atoms with Gasteiger partial charge in [0.2, 0.25) is 5.89 Å². The van der Waals surface area contributed by atoms with E-state index in [-0.39, 0.29) is 0 Å². The first-order valence-electron chi connectivity index (χ1n) is 6.23. The highest BCUT2D eigenvalue weighted by Gasteiger charge is 2.11. The van der Waals surface area contributed by atoms with Crippen LogP contribution in [0.25, 0.3) is 0 Å². The van der Waals surface area contributed by atoms with E-state index >= 15 is 0 Å². The molecule has 1 N–H and O–H groups in total. The Kier molecular flexibility index (Phi) is 5.41. The molecule has 1 aromatic heterocycles. The average Bonchev–Trinajstić information content (AvgIpc) is 2.64. The molecule has 0 spiro atoms. The van der Waals surface area contributed by atoms with E-state index in [4.69, 9.17) is 4.42 Å². The summed E-state index contributed by atoms with van der Waals surface area (Å²) in [5.41, 5.74) is 0. The van der Waals surface area contributed by atoms with Crippen molar-refractivity contribution < 1.29 is 4.42 Å². The molecule has 0 saturated heterocycles. The van der Waals surface area contributed by atoms with Gasteiger partial charge in [-0.05, 0) is 18.4 Å². The molecule has 17 heavy (non-hydrogen) atoms. The van der Waals surface area contributed by atoms with Crippen LogP contribution >= 0.6 is 0 Å². The van der Waals surface area contributed by atoms with Crippen molar-refractivity contribution in [1.82, 2.24) is 15.5 Å². The zero-order valence-corrected chi connectivity index (χ0v) is 11.5. The summed E-state index contributed by atoms with van der Waals surface area (Å²) in [6, 6.07) is 0.597. The second-order valence-electron chi connectivity index (χ2n) is 5.28. The third-order valence-electron chi connectivity index (χ3n) is 2.25. The molecule has 0 aliphatic carbocycles. The fraction of sp³-hybridized carbons (Fsp3) is 0.833. The summed E-state index contributed by atoms with van der Waals surface area (Å²) in [7, 11) is 1.97. The van der Waals surface area contributed by atoms with Gasteiger partial charge in [0.25, 0.3) is 0 Å². The number of hydrogen-bond donors (Lipinski definition) is 1. The lowest BCUT2D eigenvalue weighted by atomic mass is 10.2. The predicted octanol–water partition coefficient (Wildman–Crippen LogP) is 1.91. The molecule has 5 nitrogen and oxygen atoms in total. The molecule has 98 valence electrons. The lowest BCUT2D eigenvalue weighted by Gasteiger charge is -2.15. The number of nitrogens with zero attached hydrogens (tertiary/aromatic N) is 3. The van der Waals surface area contributed by atoms with Gasteiger partial charge in [0.15, 0.2) is 0 Å². The van der Waals surface area contributed by atoms with Crippen LogP contribution in [-0.2, 0) is 6.54 Å². The van der Waals surface area contributed by atoms with Gasteiger partial charge >= 0.3 is 6.01 Å². The minimum absolute atomic E-state index is 0.578. The van der Waals surface area contributed by atoms with Gasteiger partial charge < -0.3 is 14.6 Å². The van der Waals surface area contributed by atoms with Crippen molar-refractivity contribution in [3.63, 3.8) is 0 Å². The van der Waals surface area contributed by atoms with Crippen LogP contribution in [0.5, 0.6) is 0 Å². The number of rotatable bonds is 7. The molecule has 0 aromatic carbocycles. The Balaban J connectivity index is 2.42. The minimum Gasteiger partial charge on any atom is -0.407 e. The average molecular weight is 240 g/mol. The van der Waals surface area contributed by atoms with Gasteiger partial charge in [-0.2, -0.15) is 0 Å². The molecule has 0 saturated carbocycles. The maximum atomic E-state index is 5.57. The second-order valence-corrected chi connectivity index (χ2v) is 5.28. The summed E-state index contributed by atoms with van der Waals surface area (Å²) >= 11 is 0. The SMILES string of the molecule is CC(C)CNCc1nnc(N(C)CC(C)C)o1. The number of hydrogen-bond acceptors (Lipinski definition) is 5. The molecule has 0 fully saturated rings. The van der Waals surface area contributed by atoms with Crippen LogP contribution in [-0.4, -0.2) is 30.3 Å². The van der Waals surface area contributed by atoms with E-state index in [1.807, 2.05) is 11.9 Å². The summed E-state index contributed by atoms with van der Waals surface area (Å²) in [6.45, 7) is 11.2. The molecule has 1 heterocycles. The van der Waals surface area contributed by atoms with E-state index in [2.05, 4.69) is 43.2 Å². The molecule has 0 unspecified atom stereocenters. The summed E-state index contributed by atoms with van der Waals surface area (Å²) in [5, 5.41) is 11.3. The van der Waals surface area contributed by atoms with Gasteiger partial charge in [0.1, 0.15) is 0 Å². The van der Waals surface area contributed by atoms with Crippen molar-refractivity contribution in [2.45, 2.75) is 34.2 Å². The van der Waals surface area contributed by atoms with Crippen molar-refractivity contribution in [2.24, 2.45) is 11.8 Å². The van der Waals surface area contributed by atoms with Gasteiger partial charge in [-0.1, -0.05) is 32.8 Å². The van der Waals surface area contributed by atoms with Crippen molar-refractivity contribution in [3.8, 4) is 0 Å². The van der Waals surface area contributed by atoms with Crippen molar-refractivity contribution in [1.29, 1.82) is 0 Å². The molecule has 0 aliphatic heterocycles. The Morgan fingerprint density at radius 3 is 2.47 bits per heavy atom. The van der Waals surface area contributed by atoms with Gasteiger partial charge in [-0.15, -0.1) is 5.10 Å². The molecule has 0 amide bonds. The third-order valence-corrected chi connectivity index (χ3v) is 2.25. The highest BCUT2D eigenvalue weighted by atomic mass is 16.4. The Bertz CT molecular complexity index is 322. The third kappa shape index (κ3) is 5.17. The van der Waals surface area contributed by atoms with Crippen LogP contribution in [0.3, 0.4) is 0 Å². The molecule has 1 rings (SSSR count). The zero-order chi connectivity index (χ0) is 12.8. The van der Waals surface area contributed by atoms with E-state index in [0.717, 1.165) is 13.1 Å². The summed E-state index contributed by atoms with van der Waals surface area (Å²) in [4.78, 5) is 1.99. The van der Waals surface area contributed by atoms with Crippen molar-refractivity contribution >= 4 is 6.01 Å². The maximum Gasteiger partial charge on any atom is 0.317 e. The quantitative estimate of drug-likeness (QED) is 0.789. The summed E-state index contributed by atoms with van der Waals surface area (Å²) in [5.74, 6) is 1.85. The first kappa shape index (κ1) is 14.0. The molecular weight excluding hydrogens is 216 g/mol. The fourth-order valence-corrected chi connectivity index (χ4v) is 1.56. The van der Waals surface area contributed by atoms with Gasteiger partial charge in [0, 0.05) is 13.6 Å². The van der Waals surface area contributed by atoms with Crippen LogP contribution in [0.2, 0.25) is 0 Å². The molecule has 0 atom stereocenters. The van der Waals surface area contributed by atoms with Crippen LogP contribution in [0, 0.1) is 11.8 Å². The molecule has 0 aliphatic rings. The Morgan fingerprint density at radius 1 is 1.18 bits per heavy atom. The van der Waals surface area contributed by atoms with E-state index in [0.29, 0.717) is 30.3 Å². The van der Waals surface area contributed by atoms with E-state index in [9.17, 15) is 0 Å². The van der Waals surface area contributed by atoms with E-state index < -0.39 is 0 Å². The summed E-state index contributed by atoms with van der Waals surface area (Å²) in [6.07, 6.45) is 0. The molecule has 5 heteroatoms. The molecular formula is C12H24N4O. The van der Waals surface area contributed by atoms with Crippen LogP contribution in [0.4, 0.5) is 6.01 Å². The Morgan fingerprint density at radius 2 is 1.88 bits per heavy atom. The Hall–Kier alpha value is -1.10. The van der Waals surface area contributed by atoms with E-state index in [1.54, 1.807) is 0 Å². The molecule has 1 aromatic rings. The molecule has 0 bridgehead atoms. The summed E-state index contributed by atoms with van der Waals surface area (Å²) < 4.78 is 5.57. The van der Waals surface area contributed by atoms with Crippen LogP contribution < -0.4 is 10.2 Å². The zero-order valence-electron chi connectivity index (χ0n) is 11.5. The van der Waals surface area contributed by atoms with Crippen molar-refractivity contribution in [3.05, 3.63) is 5.89 Å². The predicted molar refractivity (Wildman–Crippen MR) is 69.0 cm³/mol. The lowest BCUT2D eigenvalue weighted by Crippen LogP contribution is -2.22. The van der Waals surface area contributed by atoms with Gasteiger partial charge in [0.05, 0.1) is 6.54 Å². The largest absolute Gasteiger partial charge is 0.407 e. The maximum absolute atomic E-state index is 5.57. The highest BCUT2D eigenvalue weighted by molar-refractivity contribution is 5.21. The first-order chi connectivity index (χ1) is 7.99. The van der Waals surface area contributed by atoms with Crippen LogP contribution in [0.15, 0.2) is 4.42 Å². The monoisotopic (exact) mass is 240 g/mol. The van der Waals surface area contributed by atoms with Gasteiger partial charge in [-0.3, -0.25) is 0 Å². The van der Waals surface area contributed by atoms with Crippen molar-refractivity contribution in [2.75, 3.05) is 25.0 Å². The number of anilines is 1. The highest BCUT2D eigenvalue weighted by Crippen LogP contribution is 2.11. The standard InChI is InChI=1S/C12H24N4O/c1-9(2)6-13-7-11-14-15-12(17-11)16(5)8-10(3)4/h9-10,13H,6-8H2,1-5H3. The van der Waals surface area contributed by atoms with E-state index in [1.165, 1.54) is 0 Å².